The van der Waals surface area contributed by atoms with Crippen molar-refractivity contribution in [1.29, 1.82) is 0 Å². The zero-order valence-electron chi connectivity index (χ0n) is 19.1. The van der Waals surface area contributed by atoms with Crippen LogP contribution in [0.4, 0.5) is 5.69 Å². The van der Waals surface area contributed by atoms with Crippen molar-refractivity contribution in [3.8, 4) is 0 Å². The van der Waals surface area contributed by atoms with Crippen LogP contribution in [0.1, 0.15) is 54.0 Å². The largest absolute Gasteiger partial charge is 0.456 e. The zero-order valence-corrected chi connectivity index (χ0v) is 20.7. The average Bonchev–Trinajstić information content (AvgIpc) is 2.84. The van der Waals surface area contributed by atoms with E-state index in [2.05, 4.69) is 21.2 Å². The van der Waals surface area contributed by atoms with Gasteiger partial charge in [-0.15, -0.1) is 0 Å². The Balaban J connectivity index is 2.37. The highest BCUT2D eigenvalue weighted by Crippen LogP contribution is 2.53. The summed E-state index contributed by atoms with van der Waals surface area (Å²) in [5, 5.41) is 2.77. The van der Waals surface area contributed by atoms with Crippen LogP contribution in [0, 0.1) is 0 Å². The molecule has 2 aliphatic heterocycles. The number of hydrogen-bond acceptors (Lipinski definition) is 7. The molecule has 0 radical (unpaired) electrons. The van der Waals surface area contributed by atoms with Crippen LogP contribution in [-0.4, -0.2) is 29.0 Å². The molecule has 1 aromatic carbocycles. The van der Waals surface area contributed by atoms with Gasteiger partial charge in [-0.1, -0.05) is 15.9 Å². The SMILES string of the molecule is CC1=C(C(=O)OC(C)(C)C)[C@@]2(C(=O)Nc3ccc(Br)cc32)C(C(=O)OC(C)(C)C)=C(N)O1. The van der Waals surface area contributed by atoms with Crippen molar-refractivity contribution >= 4 is 39.5 Å². The van der Waals surface area contributed by atoms with Crippen molar-refractivity contribution in [1.82, 2.24) is 0 Å². The van der Waals surface area contributed by atoms with Gasteiger partial charge in [-0.25, -0.2) is 9.59 Å². The fourth-order valence-corrected chi connectivity index (χ4v) is 4.18. The number of allylic oxidation sites excluding steroid dienone is 1. The number of rotatable bonds is 2. The second kappa shape index (κ2) is 7.65. The van der Waals surface area contributed by atoms with Crippen LogP contribution < -0.4 is 11.1 Å². The lowest BCUT2D eigenvalue weighted by atomic mass is 9.67. The van der Waals surface area contributed by atoms with E-state index >= 15 is 0 Å². The molecule has 0 aromatic heterocycles. The molecular weight excluding hydrogens is 480 g/mol. The van der Waals surface area contributed by atoms with Crippen LogP contribution in [-0.2, 0) is 34.0 Å². The second-order valence-corrected chi connectivity index (χ2v) is 10.6. The zero-order chi connectivity index (χ0) is 24.2. The molecule has 1 atom stereocenters. The number of fused-ring (bicyclic) bond motifs is 2. The van der Waals surface area contributed by atoms with Gasteiger partial charge >= 0.3 is 11.9 Å². The molecule has 2 aliphatic rings. The molecule has 8 nitrogen and oxygen atoms in total. The van der Waals surface area contributed by atoms with E-state index < -0.39 is 34.5 Å². The van der Waals surface area contributed by atoms with Crippen LogP contribution in [0.15, 0.2) is 45.5 Å². The molecule has 1 spiro atoms. The molecule has 3 N–H and O–H groups in total. The van der Waals surface area contributed by atoms with Gasteiger partial charge in [0, 0.05) is 15.7 Å². The fraction of sp³-hybridized carbons (Fsp3) is 0.435. The Morgan fingerprint density at radius 2 is 1.56 bits per heavy atom. The van der Waals surface area contributed by atoms with Gasteiger partial charge in [-0.3, -0.25) is 4.79 Å². The first-order valence-electron chi connectivity index (χ1n) is 10.1. The number of carbonyl (C=O) groups is 3. The number of halogens is 1. The molecule has 2 heterocycles. The number of amides is 1. The molecule has 172 valence electrons. The third kappa shape index (κ3) is 4.01. The molecule has 0 bridgehead atoms. The number of nitrogens with one attached hydrogen (secondary N) is 1. The first-order chi connectivity index (χ1) is 14.6. The Bertz CT molecular complexity index is 1040. The molecular formula is C23H27BrN2O6. The Labute approximate surface area is 195 Å². The fourth-order valence-electron chi connectivity index (χ4n) is 3.82. The van der Waals surface area contributed by atoms with Gasteiger partial charge in [-0.05, 0) is 66.7 Å². The predicted octanol–water partition coefficient (Wildman–Crippen LogP) is 3.80. The maximum Gasteiger partial charge on any atom is 0.341 e. The summed E-state index contributed by atoms with van der Waals surface area (Å²) in [5.41, 5.74) is 2.92. The maximum absolute atomic E-state index is 13.6. The van der Waals surface area contributed by atoms with Crippen molar-refractivity contribution in [2.45, 2.75) is 65.1 Å². The van der Waals surface area contributed by atoms with Crippen molar-refractivity contribution < 1.29 is 28.6 Å². The number of anilines is 1. The predicted molar refractivity (Wildman–Crippen MR) is 121 cm³/mol. The summed E-state index contributed by atoms with van der Waals surface area (Å²) in [4.78, 5) is 40.4. The first-order valence-corrected chi connectivity index (χ1v) is 10.8. The lowest BCUT2D eigenvalue weighted by molar-refractivity contribution is -0.153. The number of nitrogens with two attached hydrogens (primary N) is 1. The van der Waals surface area contributed by atoms with Gasteiger partial charge in [0.2, 0.25) is 11.8 Å². The summed E-state index contributed by atoms with van der Waals surface area (Å²) in [6, 6.07) is 5.07. The molecule has 3 rings (SSSR count). The van der Waals surface area contributed by atoms with Gasteiger partial charge in [0.05, 0.1) is 0 Å². The van der Waals surface area contributed by atoms with Gasteiger partial charge in [0.15, 0.2) is 0 Å². The molecule has 0 unspecified atom stereocenters. The third-order valence-corrected chi connectivity index (χ3v) is 5.29. The van der Waals surface area contributed by atoms with E-state index in [9.17, 15) is 14.4 Å². The summed E-state index contributed by atoms with van der Waals surface area (Å²) in [6.07, 6.45) is 0. The molecule has 0 aliphatic carbocycles. The minimum atomic E-state index is -1.91. The second-order valence-electron chi connectivity index (χ2n) is 9.67. The summed E-state index contributed by atoms with van der Waals surface area (Å²) in [6.45, 7) is 11.7. The van der Waals surface area contributed by atoms with Crippen LogP contribution in [0.5, 0.6) is 0 Å². The van der Waals surface area contributed by atoms with Gasteiger partial charge in [0.1, 0.15) is 33.5 Å². The van der Waals surface area contributed by atoms with Crippen molar-refractivity contribution in [3.05, 3.63) is 51.0 Å². The van der Waals surface area contributed by atoms with E-state index in [0.29, 0.717) is 15.7 Å². The Morgan fingerprint density at radius 1 is 1.03 bits per heavy atom. The lowest BCUT2D eigenvalue weighted by Gasteiger charge is -2.37. The quantitative estimate of drug-likeness (QED) is 0.585. The molecule has 1 aromatic rings. The molecule has 9 heteroatoms. The minimum Gasteiger partial charge on any atom is -0.456 e. The number of hydrogen-bond donors (Lipinski definition) is 2. The molecule has 0 saturated heterocycles. The standard InChI is InChI=1S/C23H27BrN2O6/c1-11-15(18(27)31-21(2,3)4)23(13-10-12(24)8-9-14(13)26-20(23)29)16(17(25)30-11)19(28)32-22(5,6)7/h8-10H,25H2,1-7H3,(H,26,29)/t23-/m1/s1. The number of ether oxygens (including phenoxy) is 3. The van der Waals surface area contributed by atoms with Crippen LogP contribution in [0.25, 0.3) is 0 Å². The summed E-state index contributed by atoms with van der Waals surface area (Å²) in [7, 11) is 0. The number of benzene rings is 1. The van der Waals surface area contributed by atoms with Gasteiger partial charge < -0.3 is 25.3 Å². The number of carbonyl (C=O) groups excluding carboxylic acids is 3. The van der Waals surface area contributed by atoms with Gasteiger partial charge in [-0.2, -0.15) is 0 Å². The van der Waals surface area contributed by atoms with E-state index in [-0.39, 0.29) is 22.8 Å². The first kappa shape index (κ1) is 23.8. The van der Waals surface area contributed by atoms with Crippen molar-refractivity contribution in [2.24, 2.45) is 5.73 Å². The highest BCUT2D eigenvalue weighted by Gasteiger charge is 2.62. The van der Waals surface area contributed by atoms with Crippen molar-refractivity contribution in [3.63, 3.8) is 0 Å². The van der Waals surface area contributed by atoms with Crippen molar-refractivity contribution in [2.75, 3.05) is 5.32 Å². The van der Waals surface area contributed by atoms with Crippen LogP contribution in [0.3, 0.4) is 0 Å². The topological polar surface area (TPSA) is 117 Å². The normalized spacial score (nSPS) is 20.7. The third-order valence-electron chi connectivity index (χ3n) is 4.79. The molecule has 0 saturated carbocycles. The van der Waals surface area contributed by atoms with E-state index in [0.717, 1.165) is 0 Å². The minimum absolute atomic E-state index is 0.0621. The molecule has 0 fully saturated rings. The Kier molecular flexibility index (Phi) is 5.70. The van der Waals surface area contributed by atoms with E-state index in [1.807, 2.05) is 0 Å². The smallest absolute Gasteiger partial charge is 0.341 e. The number of esters is 2. The van der Waals surface area contributed by atoms with Crippen LogP contribution in [0.2, 0.25) is 0 Å². The van der Waals surface area contributed by atoms with Crippen LogP contribution >= 0.6 is 15.9 Å². The monoisotopic (exact) mass is 506 g/mol. The van der Waals surface area contributed by atoms with E-state index in [1.54, 1.807) is 59.7 Å². The Hall–Kier alpha value is -2.81. The highest BCUT2D eigenvalue weighted by molar-refractivity contribution is 9.10. The Morgan fingerprint density at radius 3 is 2.09 bits per heavy atom. The lowest BCUT2D eigenvalue weighted by Crippen LogP contribution is -2.49. The van der Waals surface area contributed by atoms with E-state index in [4.69, 9.17) is 19.9 Å². The maximum atomic E-state index is 13.6. The highest BCUT2D eigenvalue weighted by atomic mass is 79.9. The molecule has 32 heavy (non-hydrogen) atoms. The average molecular weight is 507 g/mol. The van der Waals surface area contributed by atoms with Gasteiger partial charge in [0.25, 0.3) is 0 Å². The summed E-state index contributed by atoms with van der Waals surface area (Å²) in [5.74, 6) is -2.55. The summed E-state index contributed by atoms with van der Waals surface area (Å²) >= 11 is 3.41. The van der Waals surface area contributed by atoms with E-state index in [1.165, 1.54) is 6.92 Å². The summed E-state index contributed by atoms with van der Waals surface area (Å²) < 4.78 is 17.4. The molecule has 1 amide bonds.